The Bertz CT molecular complexity index is 1820. The van der Waals surface area contributed by atoms with Crippen LogP contribution in [0.15, 0.2) is 0 Å². The van der Waals surface area contributed by atoms with Gasteiger partial charge in [-0.2, -0.15) is 0 Å². The molecule has 0 aliphatic heterocycles. The van der Waals surface area contributed by atoms with Crippen molar-refractivity contribution < 1.29 is 80.2 Å². The zero-order valence-corrected chi connectivity index (χ0v) is 63.1. The molecule has 0 rings (SSSR count). The summed E-state index contributed by atoms with van der Waals surface area (Å²) in [6.07, 6.45) is 54.0. The molecule has 558 valence electrons. The van der Waals surface area contributed by atoms with E-state index in [1.165, 1.54) is 205 Å². The molecule has 0 bridgehead atoms. The number of phosphoric acid groups is 2. The van der Waals surface area contributed by atoms with Gasteiger partial charge in [0, 0.05) is 25.7 Å². The minimum Gasteiger partial charge on any atom is -0.462 e. The number of esters is 4. The van der Waals surface area contributed by atoms with Crippen molar-refractivity contribution in [1.29, 1.82) is 0 Å². The highest BCUT2D eigenvalue weighted by atomic mass is 31.2. The lowest BCUT2D eigenvalue weighted by atomic mass is 10.0. The smallest absolute Gasteiger partial charge is 0.462 e. The van der Waals surface area contributed by atoms with E-state index < -0.39 is 97.5 Å². The van der Waals surface area contributed by atoms with Crippen molar-refractivity contribution in [3.63, 3.8) is 0 Å². The van der Waals surface area contributed by atoms with E-state index in [1.54, 1.807) is 0 Å². The van der Waals surface area contributed by atoms with E-state index in [-0.39, 0.29) is 25.7 Å². The molecule has 0 amide bonds. The predicted molar refractivity (Wildman–Crippen MR) is 381 cm³/mol. The van der Waals surface area contributed by atoms with Crippen molar-refractivity contribution in [2.24, 2.45) is 11.8 Å². The number of aliphatic hydroxyl groups excluding tert-OH is 1. The monoisotopic (exact) mass is 1380 g/mol. The summed E-state index contributed by atoms with van der Waals surface area (Å²) in [5, 5.41) is 10.6. The summed E-state index contributed by atoms with van der Waals surface area (Å²) >= 11 is 0. The summed E-state index contributed by atoms with van der Waals surface area (Å²) in [6, 6.07) is 0. The van der Waals surface area contributed by atoms with Crippen molar-refractivity contribution in [2.75, 3.05) is 39.6 Å². The summed E-state index contributed by atoms with van der Waals surface area (Å²) < 4.78 is 68.5. The first kappa shape index (κ1) is 92.1. The number of ether oxygens (including phenoxy) is 4. The Kier molecular flexibility index (Phi) is 65.5. The third kappa shape index (κ3) is 68.6. The number of carbonyl (C=O) groups excluding carboxylic acids is 4. The second kappa shape index (κ2) is 66.9. The van der Waals surface area contributed by atoms with Gasteiger partial charge < -0.3 is 33.8 Å². The van der Waals surface area contributed by atoms with Gasteiger partial charge in [0.25, 0.3) is 0 Å². The van der Waals surface area contributed by atoms with Gasteiger partial charge in [-0.25, -0.2) is 9.13 Å². The van der Waals surface area contributed by atoms with E-state index in [0.29, 0.717) is 25.7 Å². The van der Waals surface area contributed by atoms with Crippen LogP contribution in [0.2, 0.25) is 0 Å². The zero-order valence-electron chi connectivity index (χ0n) is 61.3. The molecular weight excluding hydrogens is 1230 g/mol. The number of aliphatic hydroxyl groups is 1. The second-order valence-electron chi connectivity index (χ2n) is 28.0. The Labute approximate surface area is 575 Å². The second-order valence-corrected chi connectivity index (χ2v) is 30.9. The molecule has 3 N–H and O–H groups in total. The third-order valence-corrected chi connectivity index (χ3v) is 19.4. The molecule has 0 saturated heterocycles. The maximum atomic E-state index is 13.1. The topological polar surface area (TPSA) is 237 Å². The van der Waals surface area contributed by atoms with Crippen LogP contribution in [0.5, 0.6) is 0 Å². The molecule has 0 spiro atoms. The molecule has 19 heteroatoms. The van der Waals surface area contributed by atoms with Gasteiger partial charge in [0.15, 0.2) is 12.2 Å². The molecule has 0 fully saturated rings. The van der Waals surface area contributed by atoms with Crippen LogP contribution in [0.4, 0.5) is 0 Å². The summed E-state index contributed by atoms with van der Waals surface area (Å²) in [5.74, 6) is -0.568. The third-order valence-electron chi connectivity index (χ3n) is 17.5. The lowest BCUT2D eigenvalue weighted by Crippen LogP contribution is -2.30. The largest absolute Gasteiger partial charge is 0.472 e. The first-order valence-electron chi connectivity index (χ1n) is 39.0. The molecule has 17 nitrogen and oxygen atoms in total. The molecule has 0 aromatic heterocycles. The van der Waals surface area contributed by atoms with E-state index in [0.717, 1.165) is 102 Å². The maximum Gasteiger partial charge on any atom is 0.472 e. The van der Waals surface area contributed by atoms with Crippen LogP contribution in [0, 0.1) is 11.8 Å². The lowest BCUT2D eigenvalue weighted by Gasteiger charge is -2.21. The van der Waals surface area contributed by atoms with Crippen molar-refractivity contribution in [2.45, 2.75) is 407 Å². The number of hydrogen-bond acceptors (Lipinski definition) is 15. The van der Waals surface area contributed by atoms with E-state index in [1.807, 2.05) is 0 Å². The summed E-state index contributed by atoms with van der Waals surface area (Å²) in [6.45, 7) is 9.60. The van der Waals surface area contributed by atoms with Crippen LogP contribution in [0.25, 0.3) is 0 Å². The first-order chi connectivity index (χ1) is 45.4. The fourth-order valence-corrected chi connectivity index (χ4v) is 13.1. The quantitative estimate of drug-likeness (QED) is 0.0222. The molecule has 0 aromatic rings. The average Bonchev–Trinajstić information content (AvgIpc) is 1.30. The van der Waals surface area contributed by atoms with E-state index >= 15 is 0 Å². The van der Waals surface area contributed by atoms with Crippen molar-refractivity contribution >= 4 is 39.5 Å². The zero-order chi connectivity index (χ0) is 69.3. The summed E-state index contributed by atoms with van der Waals surface area (Å²) in [4.78, 5) is 72.8. The van der Waals surface area contributed by atoms with Crippen LogP contribution < -0.4 is 0 Å². The SMILES string of the molecule is CCCCCCCCCCCCCCC(=O)OC[C@H](COP(=O)(O)OC[C@H](O)COP(=O)(O)OC[C@@H](COC(=O)CCCCCCCCCCCC(C)C)OC(=O)CCCCCCCCCCCCCCCCCC(C)C)OC(=O)CCCCCCCCCCCCCC. The highest BCUT2D eigenvalue weighted by Gasteiger charge is 2.30. The molecule has 2 unspecified atom stereocenters. The van der Waals surface area contributed by atoms with Gasteiger partial charge in [-0.1, -0.05) is 337 Å². The minimum absolute atomic E-state index is 0.107. The Hall–Kier alpha value is -1.94. The van der Waals surface area contributed by atoms with Crippen LogP contribution in [0.3, 0.4) is 0 Å². The summed E-state index contributed by atoms with van der Waals surface area (Å²) in [7, 11) is -9.91. The molecule has 0 saturated carbocycles. The molecule has 0 heterocycles. The normalized spacial score (nSPS) is 14.0. The Morgan fingerprint density at radius 3 is 0.723 bits per heavy atom. The van der Waals surface area contributed by atoms with Crippen molar-refractivity contribution in [3.05, 3.63) is 0 Å². The summed E-state index contributed by atoms with van der Waals surface area (Å²) in [5.41, 5.74) is 0. The minimum atomic E-state index is -4.96. The number of phosphoric ester groups is 2. The fourth-order valence-electron chi connectivity index (χ4n) is 11.5. The number of rotatable bonds is 74. The Morgan fingerprint density at radius 2 is 0.489 bits per heavy atom. The average molecular weight is 1380 g/mol. The Morgan fingerprint density at radius 1 is 0.287 bits per heavy atom. The van der Waals surface area contributed by atoms with Crippen LogP contribution in [-0.2, 0) is 65.4 Å². The molecule has 0 aromatic carbocycles. The Balaban J connectivity index is 5.24. The van der Waals surface area contributed by atoms with Crippen molar-refractivity contribution in [3.8, 4) is 0 Å². The molecule has 0 aliphatic rings. The molecule has 0 aliphatic carbocycles. The fraction of sp³-hybridized carbons (Fsp3) is 0.947. The van der Waals surface area contributed by atoms with Gasteiger partial charge in [-0.15, -0.1) is 0 Å². The van der Waals surface area contributed by atoms with E-state index in [2.05, 4.69) is 41.5 Å². The van der Waals surface area contributed by atoms with Gasteiger partial charge in [-0.05, 0) is 37.5 Å². The van der Waals surface area contributed by atoms with Crippen molar-refractivity contribution in [1.82, 2.24) is 0 Å². The van der Waals surface area contributed by atoms with Crippen LogP contribution in [0.1, 0.15) is 388 Å². The van der Waals surface area contributed by atoms with Gasteiger partial charge in [0.05, 0.1) is 26.4 Å². The van der Waals surface area contributed by atoms with Gasteiger partial charge in [-0.3, -0.25) is 37.3 Å². The van der Waals surface area contributed by atoms with Gasteiger partial charge >= 0.3 is 39.5 Å². The van der Waals surface area contributed by atoms with Gasteiger partial charge in [0.1, 0.15) is 19.3 Å². The standard InChI is InChI=1S/C75H146O17P2/c1-7-9-11-13-15-17-19-27-33-39-45-51-57-72(77)85-63-70(91-74(79)59-53-47-41-34-28-20-18-16-14-12-10-8-2)65-89-93(81,82)87-61-69(76)62-88-94(83,84)90-66-71(64-86-73(78)58-52-46-40-36-30-32-38-44-50-56-68(5)6)92-75(80)60-54-48-42-35-29-25-23-21-22-24-26-31-37-43-49-55-67(3)4/h67-71,76H,7-66H2,1-6H3,(H,81,82)(H,83,84)/t69-,70+,71+/m0/s1. The van der Waals surface area contributed by atoms with Gasteiger partial charge in [0.2, 0.25) is 0 Å². The maximum absolute atomic E-state index is 13.1. The molecule has 94 heavy (non-hydrogen) atoms. The van der Waals surface area contributed by atoms with E-state index in [9.17, 15) is 43.2 Å². The molecule has 0 radical (unpaired) electrons. The molecule has 5 atom stereocenters. The van der Waals surface area contributed by atoms with Crippen LogP contribution >= 0.6 is 15.6 Å². The van der Waals surface area contributed by atoms with Crippen LogP contribution in [-0.4, -0.2) is 96.7 Å². The first-order valence-corrected chi connectivity index (χ1v) is 42.0. The number of carbonyl (C=O) groups is 4. The number of hydrogen-bond donors (Lipinski definition) is 3. The number of unbranched alkanes of at least 4 members (excludes halogenated alkanes) is 44. The highest BCUT2D eigenvalue weighted by molar-refractivity contribution is 7.47. The van der Waals surface area contributed by atoms with E-state index in [4.69, 9.17) is 37.0 Å². The molecular formula is C75H146O17P2. The predicted octanol–water partition coefficient (Wildman–Crippen LogP) is 21.9. The lowest BCUT2D eigenvalue weighted by molar-refractivity contribution is -0.161. The highest BCUT2D eigenvalue weighted by Crippen LogP contribution is 2.45.